The summed E-state index contributed by atoms with van der Waals surface area (Å²) in [7, 11) is 0. The summed E-state index contributed by atoms with van der Waals surface area (Å²) in [6, 6.07) is 16.6. The molecule has 0 atom stereocenters. The molecule has 29 heavy (non-hydrogen) atoms. The van der Waals surface area contributed by atoms with Gasteiger partial charge in [-0.25, -0.2) is 9.37 Å². The monoisotopic (exact) mass is 390 g/mol. The summed E-state index contributed by atoms with van der Waals surface area (Å²) in [5.41, 5.74) is 4.07. The summed E-state index contributed by atoms with van der Waals surface area (Å²) < 4.78 is 24.6. The molecular weight excluding hydrogens is 367 g/mol. The van der Waals surface area contributed by atoms with Crippen molar-refractivity contribution in [2.45, 2.75) is 25.7 Å². The van der Waals surface area contributed by atoms with Crippen LogP contribution in [0.4, 0.5) is 4.39 Å². The molecule has 0 saturated carbocycles. The molecular formula is C24H23FN2O2. The number of rotatable bonds is 9. The Bertz CT molecular complexity index is 1010. The number of ether oxygens (including phenoxy) is 1. The SMILES string of the molecule is Fc1ccc(CCCCCOc2ccc(-c3cnc[nH]3)cc2-c2ccco2)cc1. The molecule has 0 fully saturated rings. The molecule has 4 aromatic rings. The summed E-state index contributed by atoms with van der Waals surface area (Å²) in [4.78, 5) is 7.21. The lowest BCUT2D eigenvalue weighted by Crippen LogP contribution is -1.99. The van der Waals surface area contributed by atoms with E-state index in [4.69, 9.17) is 9.15 Å². The van der Waals surface area contributed by atoms with Gasteiger partial charge in [-0.1, -0.05) is 12.1 Å². The second kappa shape index (κ2) is 9.24. The molecule has 1 N–H and O–H groups in total. The highest BCUT2D eigenvalue weighted by molar-refractivity contribution is 5.73. The predicted molar refractivity (Wildman–Crippen MR) is 111 cm³/mol. The molecule has 0 bridgehead atoms. The van der Waals surface area contributed by atoms with Crippen molar-refractivity contribution in [2.24, 2.45) is 0 Å². The molecule has 0 spiro atoms. The Morgan fingerprint density at radius 1 is 1.00 bits per heavy atom. The molecule has 0 amide bonds. The fraction of sp³-hybridized carbons (Fsp3) is 0.208. The molecule has 0 aliphatic rings. The number of halogens is 1. The fourth-order valence-corrected chi connectivity index (χ4v) is 3.30. The van der Waals surface area contributed by atoms with E-state index >= 15 is 0 Å². The van der Waals surface area contributed by atoms with Gasteiger partial charge in [0.05, 0.1) is 36.7 Å². The summed E-state index contributed by atoms with van der Waals surface area (Å²) in [5.74, 6) is 1.40. The molecule has 148 valence electrons. The molecule has 0 aliphatic carbocycles. The van der Waals surface area contributed by atoms with Crippen molar-refractivity contribution in [2.75, 3.05) is 6.61 Å². The van der Waals surface area contributed by atoms with Crippen molar-refractivity contribution < 1.29 is 13.5 Å². The Kier molecular flexibility index (Phi) is 6.05. The van der Waals surface area contributed by atoms with E-state index in [1.165, 1.54) is 17.7 Å². The number of aryl methyl sites for hydroxylation is 1. The maximum Gasteiger partial charge on any atom is 0.137 e. The minimum atomic E-state index is -0.187. The first-order valence-corrected chi connectivity index (χ1v) is 9.83. The zero-order chi connectivity index (χ0) is 19.9. The van der Waals surface area contributed by atoms with E-state index in [0.29, 0.717) is 6.61 Å². The summed E-state index contributed by atoms with van der Waals surface area (Å²) in [6.45, 7) is 0.639. The molecule has 0 aliphatic heterocycles. The van der Waals surface area contributed by atoms with Gasteiger partial charge in [-0.05, 0) is 73.7 Å². The first kappa shape index (κ1) is 19.0. The number of aromatic nitrogens is 2. The van der Waals surface area contributed by atoms with Gasteiger partial charge in [0.25, 0.3) is 0 Å². The Balaban J connectivity index is 1.34. The van der Waals surface area contributed by atoms with E-state index in [-0.39, 0.29) is 5.82 Å². The lowest BCUT2D eigenvalue weighted by atomic mass is 10.1. The number of benzene rings is 2. The van der Waals surface area contributed by atoms with Crippen molar-refractivity contribution in [3.8, 4) is 28.3 Å². The number of imidazole rings is 1. The number of furan rings is 1. The largest absolute Gasteiger partial charge is 0.493 e. The number of hydrogen-bond donors (Lipinski definition) is 1. The Hall–Kier alpha value is -3.34. The van der Waals surface area contributed by atoms with E-state index < -0.39 is 0 Å². The summed E-state index contributed by atoms with van der Waals surface area (Å²) in [6.07, 6.45) is 9.15. The second-order valence-electron chi connectivity index (χ2n) is 6.94. The van der Waals surface area contributed by atoms with E-state index in [1.54, 1.807) is 18.8 Å². The maximum absolute atomic E-state index is 12.9. The first-order valence-electron chi connectivity index (χ1n) is 9.83. The smallest absolute Gasteiger partial charge is 0.137 e. The van der Waals surface area contributed by atoms with Crippen LogP contribution in [0.15, 0.2) is 77.8 Å². The normalized spacial score (nSPS) is 10.9. The maximum atomic E-state index is 12.9. The van der Waals surface area contributed by atoms with Crippen LogP contribution in [0.5, 0.6) is 5.75 Å². The minimum absolute atomic E-state index is 0.187. The van der Waals surface area contributed by atoms with E-state index in [1.807, 2.05) is 36.4 Å². The Labute approximate surface area is 169 Å². The van der Waals surface area contributed by atoms with E-state index in [9.17, 15) is 4.39 Å². The fourth-order valence-electron chi connectivity index (χ4n) is 3.30. The van der Waals surface area contributed by atoms with Gasteiger partial charge >= 0.3 is 0 Å². The Morgan fingerprint density at radius 2 is 1.90 bits per heavy atom. The molecule has 2 heterocycles. The van der Waals surface area contributed by atoms with Gasteiger partial charge in [0.1, 0.15) is 17.3 Å². The molecule has 5 heteroatoms. The highest BCUT2D eigenvalue weighted by Gasteiger charge is 2.12. The van der Waals surface area contributed by atoms with Gasteiger partial charge in [-0.3, -0.25) is 0 Å². The van der Waals surface area contributed by atoms with Gasteiger partial charge in [0.2, 0.25) is 0 Å². The van der Waals surface area contributed by atoms with E-state index in [2.05, 4.69) is 16.0 Å². The highest BCUT2D eigenvalue weighted by atomic mass is 19.1. The predicted octanol–water partition coefficient (Wildman–Crippen LogP) is 6.27. The molecule has 4 nitrogen and oxygen atoms in total. The van der Waals surface area contributed by atoms with Crippen LogP contribution in [0.25, 0.3) is 22.6 Å². The van der Waals surface area contributed by atoms with Crippen LogP contribution in [0, 0.1) is 5.82 Å². The average molecular weight is 390 g/mol. The molecule has 2 aromatic carbocycles. The highest BCUT2D eigenvalue weighted by Crippen LogP contribution is 2.34. The number of H-pyrrole nitrogens is 1. The number of unbranched alkanes of at least 4 members (excludes halogenated alkanes) is 2. The number of nitrogens with zero attached hydrogens (tertiary/aromatic N) is 1. The van der Waals surface area contributed by atoms with Gasteiger partial charge in [0, 0.05) is 5.56 Å². The van der Waals surface area contributed by atoms with Crippen LogP contribution in [0.2, 0.25) is 0 Å². The average Bonchev–Trinajstić information content (AvgIpc) is 3.46. The third-order valence-corrected chi connectivity index (χ3v) is 4.86. The third-order valence-electron chi connectivity index (χ3n) is 4.86. The van der Waals surface area contributed by atoms with Gasteiger partial charge in [-0.15, -0.1) is 0 Å². The van der Waals surface area contributed by atoms with Crippen LogP contribution in [-0.4, -0.2) is 16.6 Å². The van der Waals surface area contributed by atoms with Crippen LogP contribution >= 0.6 is 0 Å². The second-order valence-corrected chi connectivity index (χ2v) is 6.94. The standard InChI is InChI=1S/C24H23FN2O2/c25-20-10-7-18(8-11-20)5-2-1-3-13-28-24-12-9-19(22-16-26-17-27-22)15-21(24)23-6-4-14-29-23/h4,6-12,14-17H,1-3,5,13H2,(H,26,27). The van der Waals surface area contributed by atoms with Crippen LogP contribution in [0.1, 0.15) is 24.8 Å². The van der Waals surface area contributed by atoms with E-state index in [0.717, 1.165) is 54.0 Å². The minimum Gasteiger partial charge on any atom is -0.493 e. The van der Waals surface area contributed by atoms with Gasteiger partial charge in [0.15, 0.2) is 0 Å². The summed E-state index contributed by atoms with van der Waals surface area (Å²) in [5, 5.41) is 0. The summed E-state index contributed by atoms with van der Waals surface area (Å²) >= 11 is 0. The van der Waals surface area contributed by atoms with Crippen molar-refractivity contribution in [3.63, 3.8) is 0 Å². The van der Waals surface area contributed by atoms with Gasteiger partial charge < -0.3 is 14.1 Å². The lowest BCUT2D eigenvalue weighted by molar-refractivity contribution is 0.306. The quantitative estimate of drug-likeness (QED) is 0.343. The molecule has 0 unspecified atom stereocenters. The lowest BCUT2D eigenvalue weighted by Gasteiger charge is -2.12. The third kappa shape index (κ3) is 4.93. The van der Waals surface area contributed by atoms with Crippen molar-refractivity contribution in [3.05, 3.63) is 84.8 Å². The van der Waals surface area contributed by atoms with Crippen molar-refractivity contribution in [1.29, 1.82) is 0 Å². The molecule has 4 rings (SSSR count). The Morgan fingerprint density at radius 3 is 2.66 bits per heavy atom. The first-order chi connectivity index (χ1) is 14.3. The molecule has 2 aromatic heterocycles. The number of nitrogens with one attached hydrogen (secondary N) is 1. The number of hydrogen-bond acceptors (Lipinski definition) is 3. The van der Waals surface area contributed by atoms with Gasteiger partial charge in [-0.2, -0.15) is 0 Å². The zero-order valence-corrected chi connectivity index (χ0v) is 16.1. The van der Waals surface area contributed by atoms with Crippen LogP contribution in [0.3, 0.4) is 0 Å². The zero-order valence-electron chi connectivity index (χ0n) is 16.1. The number of aromatic amines is 1. The van der Waals surface area contributed by atoms with Crippen molar-refractivity contribution in [1.82, 2.24) is 9.97 Å². The van der Waals surface area contributed by atoms with Crippen LogP contribution in [-0.2, 0) is 6.42 Å². The topological polar surface area (TPSA) is 51.0 Å². The van der Waals surface area contributed by atoms with Crippen LogP contribution < -0.4 is 4.74 Å². The molecule has 0 radical (unpaired) electrons. The molecule has 0 saturated heterocycles. The van der Waals surface area contributed by atoms with Crippen molar-refractivity contribution >= 4 is 0 Å².